The molecular formula is C11H13NO3S. The van der Waals surface area contributed by atoms with Crippen molar-refractivity contribution in [1.29, 1.82) is 0 Å². The van der Waals surface area contributed by atoms with Crippen molar-refractivity contribution < 1.29 is 13.2 Å². The molecule has 0 aliphatic rings. The van der Waals surface area contributed by atoms with Crippen LogP contribution in [-0.4, -0.2) is 20.6 Å². The third-order valence-electron chi connectivity index (χ3n) is 1.74. The molecule has 16 heavy (non-hydrogen) atoms. The minimum absolute atomic E-state index is 0.139. The Morgan fingerprint density at radius 2 is 1.81 bits per heavy atom. The Bertz CT molecular complexity index is 501. The number of carbonyl (C=O) groups is 1. The van der Waals surface area contributed by atoms with Gasteiger partial charge in [0.1, 0.15) is 0 Å². The molecule has 0 radical (unpaired) electrons. The second kappa shape index (κ2) is 4.94. The Morgan fingerprint density at radius 3 is 2.25 bits per heavy atom. The Hall–Kier alpha value is -1.62. The van der Waals surface area contributed by atoms with Crippen molar-refractivity contribution in [3.8, 4) is 0 Å². The van der Waals surface area contributed by atoms with E-state index in [4.69, 9.17) is 0 Å². The molecule has 0 saturated heterocycles. The summed E-state index contributed by atoms with van der Waals surface area (Å²) in [5, 5.41) is 3.76. The van der Waals surface area contributed by atoms with Crippen LogP contribution in [0, 0.1) is 0 Å². The lowest BCUT2D eigenvalue weighted by Gasteiger charge is -2.01. The molecule has 1 aromatic rings. The van der Waals surface area contributed by atoms with Gasteiger partial charge in [0.05, 0.1) is 0 Å². The molecule has 0 atom stereocenters. The molecule has 0 unspecified atom stereocenters. The van der Waals surface area contributed by atoms with Gasteiger partial charge in [0.2, 0.25) is 5.91 Å². The largest absolute Gasteiger partial charge is 0.326 e. The van der Waals surface area contributed by atoms with Gasteiger partial charge in [-0.3, -0.25) is 4.79 Å². The normalized spacial score (nSPS) is 11.6. The van der Waals surface area contributed by atoms with Crippen molar-refractivity contribution >= 4 is 27.5 Å². The number of rotatable bonds is 3. The molecule has 4 nitrogen and oxygen atoms in total. The predicted molar refractivity (Wildman–Crippen MR) is 64.6 cm³/mol. The smallest absolute Gasteiger partial charge is 0.221 e. The van der Waals surface area contributed by atoms with Crippen molar-refractivity contribution in [1.82, 2.24) is 0 Å². The van der Waals surface area contributed by atoms with Crippen LogP contribution in [0.15, 0.2) is 29.7 Å². The highest BCUT2D eigenvalue weighted by Crippen LogP contribution is 2.11. The molecule has 0 aliphatic heterocycles. The molecule has 0 fully saturated rings. The second-order valence-corrected chi connectivity index (χ2v) is 5.37. The quantitative estimate of drug-likeness (QED) is 0.872. The van der Waals surface area contributed by atoms with E-state index in [2.05, 4.69) is 5.32 Å². The van der Waals surface area contributed by atoms with Gasteiger partial charge < -0.3 is 5.32 Å². The summed E-state index contributed by atoms with van der Waals surface area (Å²) in [5.41, 5.74) is 1.45. The van der Waals surface area contributed by atoms with Gasteiger partial charge in [-0.25, -0.2) is 8.42 Å². The van der Waals surface area contributed by atoms with E-state index in [1.807, 2.05) is 0 Å². The van der Waals surface area contributed by atoms with Crippen LogP contribution < -0.4 is 5.32 Å². The van der Waals surface area contributed by atoms with Crippen LogP contribution in [0.3, 0.4) is 0 Å². The van der Waals surface area contributed by atoms with Crippen molar-refractivity contribution in [3.05, 3.63) is 35.2 Å². The van der Waals surface area contributed by atoms with E-state index in [0.29, 0.717) is 5.69 Å². The molecule has 1 N–H and O–H groups in total. The SMILES string of the molecule is CC(=O)Nc1ccc(/C=C/S(C)(=O)=O)cc1. The Morgan fingerprint density at radius 1 is 1.25 bits per heavy atom. The molecule has 0 saturated carbocycles. The molecule has 86 valence electrons. The standard InChI is InChI=1S/C11H13NO3S/c1-9(13)12-11-5-3-10(4-6-11)7-8-16(2,14)15/h3-8H,1-2H3,(H,12,13)/b8-7+. The number of sulfone groups is 1. The lowest BCUT2D eigenvalue weighted by molar-refractivity contribution is -0.114. The molecule has 0 aliphatic carbocycles. The number of nitrogens with one attached hydrogen (secondary N) is 1. The van der Waals surface area contributed by atoms with E-state index in [0.717, 1.165) is 17.2 Å². The van der Waals surface area contributed by atoms with Crippen LogP contribution in [0.2, 0.25) is 0 Å². The summed E-state index contributed by atoms with van der Waals surface area (Å²) in [6, 6.07) is 6.88. The lowest BCUT2D eigenvalue weighted by Crippen LogP contribution is -2.05. The molecule has 1 rings (SSSR count). The molecule has 1 amide bonds. The minimum atomic E-state index is -3.10. The third-order valence-corrected chi connectivity index (χ3v) is 2.37. The lowest BCUT2D eigenvalue weighted by atomic mass is 10.2. The van der Waals surface area contributed by atoms with E-state index in [9.17, 15) is 13.2 Å². The van der Waals surface area contributed by atoms with Gasteiger partial charge in [-0.05, 0) is 23.8 Å². The molecule has 0 heterocycles. The van der Waals surface area contributed by atoms with Crippen molar-refractivity contribution in [2.24, 2.45) is 0 Å². The van der Waals surface area contributed by atoms with Crippen molar-refractivity contribution in [2.45, 2.75) is 6.92 Å². The molecular weight excluding hydrogens is 226 g/mol. The van der Waals surface area contributed by atoms with Crippen LogP contribution in [0.25, 0.3) is 6.08 Å². The zero-order valence-electron chi connectivity index (χ0n) is 9.10. The molecule has 1 aromatic carbocycles. The van der Waals surface area contributed by atoms with Gasteiger partial charge in [0.25, 0.3) is 0 Å². The third kappa shape index (κ3) is 4.75. The predicted octanol–water partition coefficient (Wildman–Crippen LogP) is 1.66. The van der Waals surface area contributed by atoms with E-state index < -0.39 is 9.84 Å². The van der Waals surface area contributed by atoms with Crippen LogP contribution in [-0.2, 0) is 14.6 Å². The van der Waals surface area contributed by atoms with Gasteiger partial charge in [0.15, 0.2) is 9.84 Å². The average molecular weight is 239 g/mol. The maximum Gasteiger partial charge on any atom is 0.221 e. The summed E-state index contributed by atoms with van der Waals surface area (Å²) in [4.78, 5) is 10.8. The zero-order chi connectivity index (χ0) is 12.2. The summed E-state index contributed by atoms with van der Waals surface area (Å²) < 4.78 is 21.7. The number of hydrogen-bond acceptors (Lipinski definition) is 3. The fourth-order valence-electron chi connectivity index (χ4n) is 1.08. The fourth-order valence-corrected chi connectivity index (χ4v) is 1.49. The summed E-state index contributed by atoms with van der Waals surface area (Å²) in [6.45, 7) is 1.43. The Kier molecular flexibility index (Phi) is 3.84. The Balaban J connectivity index is 2.80. The fraction of sp³-hybridized carbons (Fsp3) is 0.182. The monoisotopic (exact) mass is 239 g/mol. The van der Waals surface area contributed by atoms with Crippen LogP contribution in [0.5, 0.6) is 0 Å². The number of anilines is 1. The van der Waals surface area contributed by atoms with Gasteiger partial charge >= 0.3 is 0 Å². The van der Waals surface area contributed by atoms with Crippen LogP contribution in [0.1, 0.15) is 12.5 Å². The topological polar surface area (TPSA) is 63.2 Å². The molecule has 0 spiro atoms. The molecule has 5 heteroatoms. The first-order valence-electron chi connectivity index (χ1n) is 4.62. The maximum atomic E-state index is 10.9. The highest BCUT2D eigenvalue weighted by Gasteiger charge is 1.96. The summed E-state index contributed by atoms with van der Waals surface area (Å²) >= 11 is 0. The van der Waals surface area contributed by atoms with E-state index in [-0.39, 0.29) is 5.91 Å². The van der Waals surface area contributed by atoms with Crippen molar-refractivity contribution in [2.75, 3.05) is 11.6 Å². The van der Waals surface area contributed by atoms with E-state index in [1.54, 1.807) is 24.3 Å². The van der Waals surface area contributed by atoms with Gasteiger partial charge in [0, 0.05) is 24.3 Å². The zero-order valence-corrected chi connectivity index (χ0v) is 9.91. The van der Waals surface area contributed by atoms with Crippen LogP contribution >= 0.6 is 0 Å². The first-order chi connectivity index (χ1) is 7.37. The van der Waals surface area contributed by atoms with Crippen LogP contribution in [0.4, 0.5) is 5.69 Å². The minimum Gasteiger partial charge on any atom is -0.326 e. The highest BCUT2D eigenvalue weighted by atomic mass is 32.2. The first-order valence-corrected chi connectivity index (χ1v) is 6.58. The average Bonchev–Trinajstić information content (AvgIpc) is 2.14. The number of hydrogen-bond donors (Lipinski definition) is 1. The summed E-state index contributed by atoms with van der Waals surface area (Å²) in [7, 11) is -3.10. The van der Waals surface area contributed by atoms with E-state index >= 15 is 0 Å². The second-order valence-electron chi connectivity index (χ2n) is 3.44. The van der Waals surface area contributed by atoms with E-state index in [1.165, 1.54) is 13.0 Å². The summed E-state index contributed by atoms with van der Waals surface area (Å²) in [5.74, 6) is -0.139. The molecule has 0 bridgehead atoms. The van der Waals surface area contributed by atoms with Gasteiger partial charge in [-0.15, -0.1) is 0 Å². The highest BCUT2D eigenvalue weighted by molar-refractivity contribution is 7.93. The maximum absolute atomic E-state index is 10.9. The number of carbonyl (C=O) groups excluding carboxylic acids is 1. The summed E-state index contributed by atoms with van der Waals surface area (Å²) in [6.07, 6.45) is 2.64. The van der Waals surface area contributed by atoms with Crippen molar-refractivity contribution in [3.63, 3.8) is 0 Å². The molecule has 0 aromatic heterocycles. The van der Waals surface area contributed by atoms with Gasteiger partial charge in [-0.2, -0.15) is 0 Å². The number of benzene rings is 1. The number of amides is 1. The van der Waals surface area contributed by atoms with Gasteiger partial charge in [-0.1, -0.05) is 12.1 Å². The first kappa shape index (κ1) is 12.4. The Labute approximate surface area is 94.9 Å².